The Morgan fingerprint density at radius 3 is 2.70 bits per heavy atom. The molecule has 0 saturated carbocycles. The van der Waals surface area contributed by atoms with Crippen LogP contribution in [0.25, 0.3) is 11.4 Å². The van der Waals surface area contributed by atoms with E-state index in [0.29, 0.717) is 11.4 Å². The van der Waals surface area contributed by atoms with Crippen LogP contribution in [0.1, 0.15) is 19.9 Å². The predicted octanol–water partition coefficient (Wildman–Crippen LogP) is 0.320. The molecule has 0 fully saturated rings. The van der Waals surface area contributed by atoms with Gasteiger partial charge in [0.2, 0.25) is 0 Å². The third-order valence-electron chi connectivity index (χ3n) is 3.35. The molecule has 0 aliphatic rings. The Morgan fingerprint density at radius 2 is 2.10 bits per heavy atom. The molecule has 0 aliphatic carbocycles. The quantitative estimate of drug-likeness (QED) is 0.863. The van der Waals surface area contributed by atoms with Gasteiger partial charge in [0, 0.05) is 24.9 Å². The molecule has 8 nitrogen and oxygen atoms in total. The molecule has 0 aliphatic heterocycles. The topological polar surface area (TPSA) is 103 Å². The Morgan fingerprint density at radius 1 is 1.40 bits per heavy atom. The number of carbonyl (C=O) groups is 1. The van der Waals surface area contributed by atoms with Gasteiger partial charge in [-0.1, -0.05) is 0 Å². The maximum atomic E-state index is 11.6. The lowest BCUT2D eigenvalue weighted by atomic mass is 10.0. The number of rotatable bonds is 4. The average molecular weight is 277 g/mol. The number of aromatic nitrogens is 5. The van der Waals surface area contributed by atoms with Gasteiger partial charge < -0.3 is 9.67 Å². The highest BCUT2D eigenvalue weighted by Crippen LogP contribution is 2.22. The summed E-state index contributed by atoms with van der Waals surface area (Å²) >= 11 is 0. The predicted molar refractivity (Wildman–Crippen MR) is 70.0 cm³/mol. The largest absolute Gasteiger partial charge is 0.481 e. The number of hydrogen-bond acceptors (Lipinski definition) is 5. The fraction of sp³-hybridized carbons (Fsp3) is 0.417. The van der Waals surface area contributed by atoms with Crippen molar-refractivity contribution in [2.24, 2.45) is 13.0 Å². The molecule has 0 radical (unpaired) electrons. The Hall–Kier alpha value is -2.51. The third kappa shape index (κ3) is 2.44. The minimum Gasteiger partial charge on any atom is -0.481 e. The molecular weight excluding hydrogens is 262 g/mol. The summed E-state index contributed by atoms with van der Waals surface area (Å²) < 4.78 is 2.86. The van der Waals surface area contributed by atoms with Gasteiger partial charge in [-0.15, -0.1) is 5.10 Å². The first-order chi connectivity index (χ1) is 9.41. The number of hydrogen-bond donors (Lipinski definition) is 1. The molecule has 2 aromatic rings. The monoisotopic (exact) mass is 277 g/mol. The molecule has 0 saturated heterocycles. The van der Waals surface area contributed by atoms with E-state index in [4.69, 9.17) is 5.11 Å². The van der Waals surface area contributed by atoms with Crippen molar-refractivity contribution < 1.29 is 9.90 Å². The zero-order valence-corrected chi connectivity index (χ0v) is 11.4. The molecule has 0 aromatic carbocycles. The molecule has 8 heteroatoms. The molecule has 106 valence electrons. The van der Waals surface area contributed by atoms with Gasteiger partial charge in [-0.3, -0.25) is 9.59 Å². The number of pyridine rings is 1. The second kappa shape index (κ2) is 5.24. The molecule has 2 heterocycles. The summed E-state index contributed by atoms with van der Waals surface area (Å²) in [6, 6.07) is 2.70. The van der Waals surface area contributed by atoms with Crippen LogP contribution in [0.4, 0.5) is 0 Å². The zero-order chi connectivity index (χ0) is 14.9. The van der Waals surface area contributed by atoms with E-state index in [0.717, 1.165) is 0 Å². The zero-order valence-electron chi connectivity index (χ0n) is 11.4. The second-order valence-electron chi connectivity index (χ2n) is 4.68. The van der Waals surface area contributed by atoms with Crippen LogP contribution in [0.2, 0.25) is 0 Å². The first kappa shape index (κ1) is 13.9. The summed E-state index contributed by atoms with van der Waals surface area (Å²) in [6.07, 6.45) is 1.61. The van der Waals surface area contributed by atoms with Crippen molar-refractivity contribution in [2.75, 3.05) is 0 Å². The summed E-state index contributed by atoms with van der Waals surface area (Å²) in [5.41, 5.74) is 0.374. The molecule has 20 heavy (non-hydrogen) atoms. The van der Waals surface area contributed by atoms with Gasteiger partial charge in [0.15, 0.2) is 5.82 Å². The van der Waals surface area contributed by atoms with E-state index in [9.17, 15) is 9.59 Å². The third-order valence-corrected chi connectivity index (χ3v) is 3.35. The Balaban J connectivity index is 2.45. The van der Waals surface area contributed by atoms with Gasteiger partial charge in [0.25, 0.3) is 5.56 Å². The van der Waals surface area contributed by atoms with Crippen molar-refractivity contribution in [1.29, 1.82) is 0 Å². The molecular formula is C12H15N5O3. The van der Waals surface area contributed by atoms with Crippen molar-refractivity contribution in [3.63, 3.8) is 0 Å². The van der Waals surface area contributed by atoms with Crippen LogP contribution in [0.3, 0.4) is 0 Å². The highest BCUT2D eigenvalue weighted by Gasteiger charge is 2.25. The highest BCUT2D eigenvalue weighted by molar-refractivity contribution is 5.70. The van der Waals surface area contributed by atoms with Crippen LogP contribution in [-0.4, -0.2) is 35.9 Å². The van der Waals surface area contributed by atoms with Gasteiger partial charge in [-0.25, -0.2) is 4.68 Å². The molecule has 2 atom stereocenters. The molecule has 0 amide bonds. The lowest BCUT2D eigenvalue weighted by Gasteiger charge is -2.17. The number of nitrogens with zero attached hydrogens (tertiary/aromatic N) is 5. The van der Waals surface area contributed by atoms with Gasteiger partial charge in [-0.2, -0.15) is 0 Å². The number of carboxylic acids is 1. The summed E-state index contributed by atoms with van der Waals surface area (Å²) in [4.78, 5) is 22.7. The fourth-order valence-corrected chi connectivity index (χ4v) is 1.76. The lowest BCUT2D eigenvalue weighted by molar-refractivity contribution is -0.142. The maximum absolute atomic E-state index is 11.6. The summed E-state index contributed by atoms with van der Waals surface area (Å²) in [7, 11) is 1.64. The number of tetrazole rings is 1. The van der Waals surface area contributed by atoms with Crippen LogP contribution < -0.4 is 5.56 Å². The summed E-state index contributed by atoms with van der Waals surface area (Å²) in [5.74, 6) is -1.20. The summed E-state index contributed by atoms with van der Waals surface area (Å²) in [6.45, 7) is 3.31. The molecule has 2 rings (SSSR count). The van der Waals surface area contributed by atoms with Crippen molar-refractivity contribution in [3.8, 4) is 11.4 Å². The highest BCUT2D eigenvalue weighted by atomic mass is 16.4. The van der Waals surface area contributed by atoms with Crippen molar-refractivity contribution in [3.05, 3.63) is 28.7 Å². The van der Waals surface area contributed by atoms with E-state index in [1.165, 1.54) is 15.3 Å². The van der Waals surface area contributed by atoms with Gasteiger partial charge in [0.05, 0.1) is 12.0 Å². The molecule has 1 N–H and O–H groups in total. The first-order valence-corrected chi connectivity index (χ1v) is 6.09. The van der Waals surface area contributed by atoms with E-state index in [2.05, 4.69) is 15.5 Å². The Bertz CT molecular complexity index is 690. The van der Waals surface area contributed by atoms with E-state index in [-0.39, 0.29) is 5.56 Å². The Kier molecular flexibility index (Phi) is 3.64. The molecule has 0 spiro atoms. The standard InChI is InChI=1S/C12H15N5O3/c1-7(12(19)20)8(2)17-11(13-14-15-17)9-4-5-16(3)10(18)6-9/h4-8H,1-3H3,(H,19,20). The van der Waals surface area contributed by atoms with E-state index >= 15 is 0 Å². The lowest BCUT2D eigenvalue weighted by Crippen LogP contribution is -2.23. The van der Waals surface area contributed by atoms with E-state index in [1.807, 2.05) is 0 Å². The minimum atomic E-state index is -0.928. The number of aliphatic carboxylic acids is 1. The van der Waals surface area contributed by atoms with Gasteiger partial charge in [0.1, 0.15) is 0 Å². The second-order valence-corrected chi connectivity index (χ2v) is 4.68. The van der Waals surface area contributed by atoms with Crippen LogP contribution in [0.15, 0.2) is 23.1 Å². The molecule has 0 bridgehead atoms. The molecule has 2 aromatic heterocycles. The number of aryl methyl sites for hydroxylation is 1. The van der Waals surface area contributed by atoms with Crippen LogP contribution >= 0.6 is 0 Å². The molecule has 2 unspecified atom stereocenters. The van der Waals surface area contributed by atoms with E-state index in [1.54, 1.807) is 33.2 Å². The fourth-order valence-electron chi connectivity index (χ4n) is 1.76. The van der Waals surface area contributed by atoms with E-state index < -0.39 is 17.9 Å². The van der Waals surface area contributed by atoms with Gasteiger partial charge in [-0.05, 0) is 30.3 Å². The van der Waals surface area contributed by atoms with Crippen LogP contribution in [0.5, 0.6) is 0 Å². The number of carboxylic acid groups (broad SMARTS) is 1. The van der Waals surface area contributed by atoms with Crippen LogP contribution in [0, 0.1) is 5.92 Å². The smallest absolute Gasteiger partial charge is 0.308 e. The van der Waals surface area contributed by atoms with Crippen LogP contribution in [-0.2, 0) is 11.8 Å². The summed E-state index contributed by atoms with van der Waals surface area (Å²) in [5, 5.41) is 20.3. The SMILES string of the molecule is CC(C(=O)O)C(C)n1nnnc1-c1ccn(C)c(=O)c1. The first-order valence-electron chi connectivity index (χ1n) is 6.09. The average Bonchev–Trinajstić information content (AvgIpc) is 2.89. The van der Waals surface area contributed by atoms with Crippen molar-refractivity contribution >= 4 is 5.97 Å². The van der Waals surface area contributed by atoms with Gasteiger partial charge >= 0.3 is 5.97 Å². The van der Waals surface area contributed by atoms with Crippen molar-refractivity contribution in [1.82, 2.24) is 24.8 Å². The van der Waals surface area contributed by atoms with Crippen molar-refractivity contribution in [2.45, 2.75) is 19.9 Å². The normalized spacial score (nSPS) is 13.9. The Labute approximate surface area is 114 Å². The maximum Gasteiger partial charge on any atom is 0.308 e. The minimum absolute atomic E-state index is 0.184.